The number of nitrogens with one attached hydrogen (secondary N) is 1. The Hall–Kier alpha value is -2.38. The van der Waals surface area contributed by atoms with Crippen LogP contribution in [0.1, 0.15) is 24.5 Å². The van der Waals surface area contributed by atoms with Gasteiger partial charge in [0.1, 0.15) is 11.9 Å². The van der Waals surface area contributed by atoms with Gasteiger partial charge in [0.15, 0.2) is 0 Å². The molecule has 0 amide bonds. The summed E-state index contributed by atoms with van der Waals surface area (Å²) >= 11 is 0. The molecule has 4 nitrogen and oxygen atoms in total. The number of benzene rings is 1. The van der Waals surface area contributed by atoms with Crippen LogP contribution in [0.3, 0.4) is 0 Å². The molecule has 1 aromatic heterocycles. The maximum absolute atomic E-state index is 10.5. The van der Waals surface area contributed by atoms with Gasteiger partial charge in [-0.1, -0.05) is 30.3 Å². The molecule has 1 aromatic carbocycles. The minimum Gasteiger partial charge on any atom is -0.385 e. The van der Waals surface area contributed by atoms with Crippen LogP contribution in [0, 0.1) is 11.3 Å². The Morgan fingerprint density at radius 3 is 2.70 bits per heavy atom. The van der Waals surface area contributed by atoms with Crippen molar-refractivity contribution >= 4 is 5.82 Å². The molecule has 2 aromatic rings. The molecule has 2 rings (SSSR count). The molecule has 20 heavy (non-hydrogen) atoms. The predicted molar refractivity (Wildman–Crippen MR) is 78.1 cm³/mol. The van der Waals surface area contributed by atoms with Crippen LogP contribution in [0.2, 0.25) is 0 Å². The molecule has 1 atom stereocenters. The van der Waals surface area contributed by atoms with Gasteiger partial charge in [0.25, 0.3) is 0 Å². The number of anilines is 1. The van der Waals surface area contributed by atoms with Gasteiger partial charge in [0.05, 0.1) is 11.2 Å². The first kappa shape index (κ1) is 14.0. The number of nitrogens with zero attached hydrogens (tertiary/aromatic N) is 2. The Morgan fingerprint density at radius 1 is 1.25 bits per heavy atom. The lowest BCUT2D eigenvalue weighted by atomic mass is 9.93. The zero-order valence-corrected chi connectivity index (χ0v) is 11.4. The molecule has 0 radical (unpaired) electrons. The fourth-order valence-corrected chi connectivity index (χ4v) is 2.00. The van der Waals surface area contributed by atoms with Crippen molar-refractivity contribution in [3.05, 3.63) is 59.8 Å². The van der Waals surface area contributed by atoms with Gasteiger partial charge in [0, 0.05) is 12.7 Å². The summed E-state index contributed by atoms with van der Waals surface area (Å²) in [7, 11) is 0. The quantitative estimate of drug-likeness (QED) is 0.873. The van der Waals surface area contributed by atoms with E-state index >= 15 is 0 Å². The summed E-state index contributed by atoms with van der Waals surface area (Å²) in [6.07, 6.45) is 2.16. The molecule has 0 saturated heterocycles. The van der Waals surface area contributed by atoms with Crippen molar-refractivity contribution < 1.29 is 5.11 Å². The molecule has 0 aliphatic heterocycles. The van der Waals surface area contributed by atoms with E-state index in [1.165, 1.54) is 0 Å². The third-order valence-corrected chi connectivity index (χ3v) is 3.23. The van der Waals surface area contributed by atoms with Gasteiger partial charge < -0.3 is 10.4 Å². The summed E-state index contributed by atoms with van der Waals surface area (Å²) in [5.74, 6) is 0.555. The molecule has 102 valence electrons. The second-order valence-electron chi connectivity index (χ2n) is 4.83. The highest BCUT2D eigenvalue weighted by Gasteiger charge is 2.22. The minimum atomic E-state index is -0.907. The van der Waals surface area contributed by atoms with Gasteiger partial charge >= 0.3 is 0 Å². The standard InChI is InChI=1S/C16H17N3O/c1-16(20,14-7-3-2-4-8-14)9-11-19-15-13(12-17)6-5-10-18-15/h2-8,10,20H,9,11H2,1H3,(H,18,19). The zero-order valence-electron chi connectivity index (χ0n) is 11.4. The maximum Gasteiger partial charge on any atom is 0.143 e. The molecular formula is C16H17N3O. The van der Waals surface area contributed by atoms with Crippen molar-refractivity contribution in [2.75, 3.05) is 11.9 Å². The molecule has 0 bridgehead atoms. The fraction of sp³-hybridized carbons (Fsp3) is 0.250. The summed E-state index contributed by atoms with van der Waals surface area (Å²) in [6.45, 7) is 2.32. The van der Waals surface area contributed by atoms with Crippen LogP contribution in [0.15, 0.2) is 48.7 Å². The van der Waals surface area contributed by atoms with E-state index in [1.807, 2.05) is 30.3 Å². The Balaban J connectivity index is 1.98. The number of aliphatic hydroxyl groups is 1. The summed E-state index contributed by atoms with van der Waals surface area (Å²) in [5, 5.41) is 22.5. The fourth-order valence-electron chi connectivity index (χ4n) is 2.00. The van der Waals surface area contributed by atoms with E-state index < -0.39 is 5.60 Å². The van der Waals surface area contributed by atoms with Gasteiger partial charge in [-0.2, -0.15) is 5.26 Å². The largest absolute Gasteiger partial charge is 0.385 e. The highest BCUT2D eigenvalue weighted by Crippen LogP contribution is 2.24. The average Bonchev–Trinajstić information content (AvgIpc) is 2.48. The highest BCUT2D eigenvalue weighted by atomic mass is 16.3. The van der Waals surface area contributed by atoms with Crippen molar-refractivity contribution in [2.45, 2.75) is 18.9 Å². The van der Waals surface area contributed by atoms with E-state index in [0.29, 0.717) is 24.3 Å². The van der Waals surface area contributed by atoms with Gasteiger partial charge in [-0.15, -0.1) is 0 Å². The Kier molecular flexibility index (Phi) is 4.34. The number of nitriles is 1. The minimum absolute atomic E-state index is 0.506. The summed E-state index contributed by atoms with van der Waals surface area (Å²) < 4.78 is 0. The van der Waals surface area contributed by atoms with Crippen molar-refractivity contribution in [2.24, 2.45) is 0 Å². The zero-order chi connectivity index (χ0) is 14.4. The van der Waals surface area contributed by atoms with Crippen LogP contribution in [0.5, 0.6) is 0 Å². The molecule has 0 aliphatic carbocycles. The smallest absolute Gasteiger partial charge is 0.143 e. The van der Waals surface area contributed by atoms with Crippen LogP contribution in [-0.4, -0.2) is 16.6 Å². The van der Waals surface area contributed by atoms with Crippen LogP contribution < -0.4 is 5.32 Å². The molecule has 0 saturated carbocycles. The Labute approximate surface area is 118 Å². The lowest BCUT2D eigenvalue weighted by Gasteiger charge is -2.24. The third kappa shape index (κ3) is 3.34. The van der Waals surface area contributed by atoms with Crippen LogP contribution in [0.4, 0.5) is 5.82 Å². The first-order valence-corrected chi connectivity index (χ1v) is 6.50. The second-order valence-corrected chi connectivity index (χ2v) is 4.83. The molecular weight excluding hydrogens is 250 g/mol. The SMILES string of the molecule is CC(O)(CCNc1ncccc1C#N)c1ccccc1. The summed E-state index contributed by atoms with van der Waals surface area (Å²) in [5.41, 5.74) is 0.478. The lowest BCUT2D eigenvalue weighted by Crippen LogP contribution is -2.24. The lowest BCUT2D eigenvalue weighted by molar-refractivity contribution is 0.0515. The van der Waals surface area contributed by atoms with Gasteiger partial charge in [0.2, 0.25) is 0 Å². The first-order valence-electron chi connectivity index (χ1n) is 6.50. The third-order valence-electron chi connectivity index (χ3n) is 3.23. The van der Waals surface area contributed by atoms with Crippen molar-refractivity contribution in [1.29, 1.82) is 5.26 Å². The number of hydrogen-bond acceptors (Lipinski definition) is 4. The normalized spacial score (nSPS) is 13.2. The van der Waals surface area contributed by atoms with Gasteiger partial charge in [-0.3, -0.25) is 0 Å². The van der Waals surface area contributed by atoms with E-state index in [4.69, 9.17) is 5.26 Å². The number of rotatable bonds is 5. The Bertz CT molecular complexity index is 603. The van der Waals surface area contributed by atoms with E-state index in [-0.39, 0.29) is 0 Å². The van der Waals surface area contributed by atoms with Crippen LogP contribution >= 0.6 is 0 Å². The van der Waals surface area contributed by atoms with Crippen molar-refractivity contribution in [3.63, 3.8) is 0 Å². The van der Waals surface area contributed by atoms with Gasteiger partial charge in [-0.05, 0) is 31.0 Å². The van der Waals surface area contributed by atoms with E-state index in [9.17, 15) is 5.11 Å². The topological polar surface area (TPSA) is 68.9 Å². The van der Waals surface area contributed by atoms with Crippen LogP contribution in [-0.2, 0) is 5.60 Å². The first-order chi connectivity index (χ1) is 9.63. The average molecular weight is 267 g/mol. The molecule has 0 aliphatic rings. The molecule has 1 unspecified atom stereocenters. The number of aromatic nitrogens is 1. The number of hydrogen-bond donors (Lipinski definition) is 2. The molecule has 0 fully saturated rings. The highest BCUT2D eigenvalue weighted by molar-refractivity contribution is 5.51. The monoisotopic (exact) mass is 267 g/mol. The second kappa shape index (κ2) is 6.18. The summed E-state index contributed by atoms with van der Waals surface area (Å²) in [4.78, 5) is 4.13. The molecule has 1 heterocycles. The molecule has 0 spiro atoms. The molecule has 4 heteroatoms. The Morgan fingerprint density at radius 2 is 2.00 bits per heavy atom. The van der Waals surface area contributed by atoms with E-state index in [2.05, 4.69) is 16.4 Å². The summed E-state index contributed by atoms with van der Waals surface area (Å²) in [6, 6.07) is 15.1. The maximum atomic E-state index is 10.5. The van der Waals surface area contributed by atoms with Crippen molar-refractivity contribution in [1.82, 2.24) is 4.98 Å². The molecule has 2 N–H and O–H groups in total. The van der Waals surface area contributed by atoms with Gasteiger partial charge in [-0.25, -0.2) is 4.98 Å². The number of pyridine rings is 1. The predicted octanol–water partition coefficient (Wildman–Crippen LogP) is 2.66. The van der Waals surface area contributed by atoms with E-state index in [0.717, 1.165) is 5.56 Å². The van der Waals surface area contributed by atoms with Crippen molar-refractivity contribution in [3.8, 4) is 6.07 Å². The van der Waals surface area contributed by atoms with E-state index in [1.54, 1.807) is 25.3 Å². The van der Waals surface area contributed by atoms with Crippen LogP contribution in [0.25, 0.3) is 0 Å².